The van der Waals surface area contributed by atoms with Crippen LogP contribution < -0.4 is 10.5 Å². The predicted molar refractivity (Wildman–Crippen MR) is 95.3 cm³/mol. The van der Waals surface area contributed by atoms with Crippen LogP contribution in [0.2, 0.25) is 0 Å². The maximum Gasteiger partial charge on any atom is 0.238 e. The van der Waals surface area contributed by atoms with Crippen molar-refractivity contribution in [2.24, 2.45) is 5.14 Å². The number of amides is 1. The number of aryl methyl sites for hydroxylation is 3. The highest BCUT2D eigenvalue weighted by Gasteiger charge is 2.13. The van der Waals surface area contributed by atoms with Crippen LogP contribution in [0.25, 0.3) is 0 Å². The zero-order valence-corrected chi connectivity index (χ0v) is 14.7. The van der Waals surface area contributed by atoms with Gasteiger partial charge in [0.05, 0.1) is 4.90 Å². The largest absolute Gasteiger partial charge is 0.326 e. The Morgan fingerprint density at radius 1 is 1.08 bits per heavy atom. The van der Waals surface area contributed by atoms with E-state index in [0.29, 0.717) is 24.1 Å². The second kappa shape index (κ2) is 7.59. The quantitative estimate of drug-likeness (QED) is 0.843. The Morgan fingerprint density at radius 3 is 2.29 bits per heavy atom. The highest BCUT2D eigenvalue weighted by atomic mass is 32.2. The molecule has 0 aliphatic carbocycles. The fourth-order valence-corrected chi connectivity index (χ4v) is 3.22. The molecule has 1 amide bonds. The zero-order chi connectivity index (χ0) is 17.7. The molecule has 6 heteroatoms. The summed E-state index contributed by atoms with van der Waals surface area (Å²) in [6.07, 6.45) is 1.94. The Hall–Kier alpha value is -2.18. The van der Waals surface area contributed by atoms with Crippen LogP contribution in [0, 0.1) is 6.92 Å². The molecule has 3 N–H and O–H groups in total. The Kier molecular flexibility index (Phi) is 5.75. The summed E-state index contributed by atoms with van der Waals surface area (Å²) in [5.74, 6) is -0.168. The molecular weight excluding hydrogens is 324 g/mol. The lowest BCUT2D eigenvalue weighted by Crippen LogP contribution is -2.16. The molecule has 0 saturated heterocycles. The molecule has 2 aromatic carbocycles. The van der Waals surface area contributed by atoms with E-state index in [2.05, 4.69) is 24.4 Å². The van der Waals surface area contributed by atoms with Crippen molar-refractivity contribution < 1.29 is 13.2 Å². The first-order chi connectivity index (χ1) is 11.3. The summed E-state index contributed by atoms with van der Waals surface area (Å²) in [6.45, 7) is 3.76. The predicted octanol–water partition coefficient (Wildman–Crippen LogP) is 2.78. The summed E-state index contributed by atoms with van der Waals surface area (Å²) >= 11 is 0. The Balaban J connectivity index is 1.99. The molecule has 24 heavy (non-hydrogen) atoms. The molecule has 0 radical (unpaired) electrons. The fraction of sp³-hybridized carbons (Fsp3) is 0.278. The lowest BCUT2D eigenvalue weighted by Gasteiger charge is -2.09. The van der Waals surface area contributed by atoms with Crippen molar-refractivity contribution in [3.63, 3.8) is 0 Å². The maximum atomic E-state index is 12.1. The van der Waals surface area contributed by atoms with Gasteiger partial charge < -0.3 is 5.32 Å². The third kappa shape index (κ3) is 4.91. The summed E-state index contributed by atoms with van der Waals surface area (Å²) in [4.78, 5) is 12.1. The Bertz CT molecular complexity index is 828. The van der Waals surface area contributed by atoms with Crippen molar-refractivity contribution in [3.05, 3.63) is 59.2 Å². The summed E-state index contributed by atoms with van der Waals surface area (Å²) in [5.41, 5.74) is 3.33. The van der Waals surface area contributed by atoms with Crippen LogP contribution in [0.5, 0.6) is 0 Å². The number of rotatable bonds is 6. The van der Waals surface area contributed by atoms with Gasteiger partial charge in [0.25, 0.3) is 0 Å². The topological polar surface area (TPSA) is 89.3 Å². The molecule has 0 unspecified atom stereocenters. The van der Waals surface area contributed by atoms with Crippen molar-refractivity contribution in [2.75, 3.05) is 5.32 Å². The summed E-state index contributed by atoms with van der Waals surface area (Å²) < 4.78 is 23.0. The van der Waals surface area contributed by atoms with E-state index in [1.54, 1.807) is 19.1 Å². The monoisotopic (exact) mass is 346 g/mol. The second-order valence-corrected chi connectivity index (χ2v) is 7.27. The second-order valence-electron chi connectivity index (χ2n) is 5.74. The molecule has 128 valence electrons. The number of anilines is 1. The SMILES string of the molecule is CCc1ccc(CCC(=O)Nc2ccc(C)c(S(N)(=O)=O)c2)cc1. The number of carbonyl (C=O) groups excluding carboxylic acids is 1. The fourth-order valence-electron chi connectivity index (χ4n) is 2.41. The van der Waals surface area contributed by atoms with Gasteiger partial charge in [-0.1, -0.05) is 37.3 Å². The maximum absolute atomic E-state index is 12.1. The number of nitrogens with one attached hydrogen (secondary N) is 1. The van der Waals surface area contributed by atoms with E-state index in [1.165, 1.54) is 11.6 Å². The normalized spacial score (nSPS) is 11.3. The van der Waals surface area contributed by atoms with Crippen molar-refractivity contribution in [1.82, 2.24) is 0 Å². The lowest BCUT2D eigenvalue weighted by atomic mass is 10.1. The van der Waals surface area contributed by atoms with Gasteiger partial charge in [-0.3, -0.25) is 4.79 Å². The van der Waals surface area contributed by atoms with Crippen LogP contribution in [0.15, 0.2) is 47.4 Å². The number of sulfonamides is 1. The van der Waals surface area contributed by atoms with Gasteiger partial charge in [0.15, 0.2) is 0 Å². The van der Waals surface area contributed by atoms with Gasteiger partial charge >= 0.3 is 0 Å². The molecule has 0 bridgehead atoms. The van der Waals surface area contributed by atoms with Gasteiger partial charge in [-0.05, 0) is 48.6 Å². The van der Waals surface area contributed by atoms with E-state index < -0.39 is 10.0 Å². The third-order valence-electron chi connectivity index (χ3n) is 3.85. The molecule has 0 saturated carbocycles. The average molecular weight is 346 g/mol. The van der Waals surface area contributed by atoms with Gasteiger partial charge in [0.1, 0.15) is 0 Å². The first-order valence-electron chi connectivity index (χ1n) is 7.80. The Labute approximate surface area is 142 Å². The van der Waals surface area contributed by atoms with E-state index in [9.17, 15) is 13.2 Å². The minimum Gasteiger partial charge on any atom is -0.326 e. The van der Waals surface area contributed by atoms with E-state index in [4.69, 9.17) is 5.14 Å². The van der Waals surface area contributed by atoms with Crippen LogP contribution in [0.3, 0.4) is 0 Å². The molecule has 0 atom stereocenters. The molecule has 0 heterocycles. The van der Waals surface area contributed by atoms with Gasteiger partial charge in [-0.25, -0.2) is 13.6 Å². The minimum atomic E-state index is -3.81. The lowest BCUT2D eigenvalue weighted by molar-refractivity contribution is -0.116. The molecule has 0 spiro atoms. The minimum absolute atomic E-state index is 0.0236. The van der Waals surface area contributed by atoms with Crippen LogP contribution in [0.1, 0.15) is 30.0 Å². The average Bonchev–Trinajstić information content (AvgIpc) is 2.54. The molecule has 5 nitrogen and oxygen atoms in total. The molecule has 0 aromatic heterocycles. The number of benzene rings is 2. The van der Waals surface area contributed by atoms with Crippen molar-refractivity contribution in [2.45, 2.75) is 38.0 Å². The number of carbonyl (C=O) groups is 1. The molecular formula is C18H22N2O3S. The smallest absolute Gasteiger partial charge is 0.238 e. The zero-order valence-electron chi connectivity index (χ0n) is 13.9. The van der Waals surface area contributed by atoms with Crippen LogP contribution in [-0.2, 0) is 27.7 Å². The first-order valence-corrected chi connectivity index (χ1v) is 9.35. The van der Waals surface area contributed by atoms with Gasteiger partial charge in [-0.15, -0.1) is 0 Å². The van der Waals surface area contributed by atoms with E-state index in [-0.39, 0.29) is 10.8 Å². The molecule has 2 rings (SSSR count). The molecule has 0 aliphatic heterocycles. The standard InChI is InChI=1S/C18H22N2O3S/c1-3-14-5-7-15(8-6-14)9-11-18(21)20-16-10-4-13(2)17(12-16)24(19,22)23/h4-8,10,12H,3,9,11H2,1-2H3,(H,20,21)(H2,19,22,23). The summed E-state index contributed by atoms with van der Waals surface area (Å²) in [6, 6.07) is 12.8. The van der Waals surface area contributed by atoms with Crippen LogP contribution >= 0.6 is 0 Å². The van der Waals surface area contributed by atoms with Gasteiger partial charge in [0, 0.05) is 12.1 Å². The van der Waals surface area contributed by atoms with Crippen LogP contribution in [-0.4, -0.2) is 14.3 Å². The number of primary sulfonamides is 1. The molecule has 0 aliphatic rings. The van der Waals surface area contributed by atoms with E-state index >= 15 is 0 Å². The third-order valence-corrected chi connectivity index (χ3v) is 4.90. The number of nitrogens with two attached hydrogens (primary N) is 1. The van der Waals surface area contributed by atoms with Crippen LogP contribution in [0.4, 0.5) is 5.69 Å². The Morgan fingerprint density at radius 2 is 1.71 bits per heavy atom. The summed E-state index contributed by atoms with van der Waals surface area (Å²) in [5, 5.41) is 7.89. The van der Waals surface area contributed by atoms with E-state index in [0.717, 1.165) is 12.0 Å². The highest BCUT2D eigenvalue weighted by molar-refractivity contribution is 7.89. The molecule has 0 fully saturated rings. The van der Waals surface area contributed by atoms with Crippen molar-refractivity contribution in [3.8, 4) is 0 Å². The van der Waals surface area contributed by atoms with E-state index in [1.807, 2.05) is 12.1 Å². The van der Waals surface area contributed by atoms with Gasteiger partial charge in [-0.2, -0.15) is 0 Å². The van der Waals surface area contributed by atoms with Crippen molar-refractivity contribution >= 4 is 21.6 Å². The van der Waals surface area contributed by atoms with Gasteiger partial charge in [0.2, 0.25) is 15.9 Å². The van der Waals surface area contributed by atoms with Crippen molar-refractivity contribution in [1.29, 1.82) is 0 Å². The summed E-state index contributed by atoms with van der Waals surface area (Å²) in [7, 11) is -3.81. The molecule has 2 aromatic rings. The number of hydrogen-bond acceptors (Lipinski definition) is 3. The highest BCUT2D eigenvalue weighted by Crippen LogP contribution is 2.19. The first kappa shape index (κ1) is 18.2. The number of hydrogen-bond donors (Lipinski definition) is 2.